The molecule has 2 N–H and O–H groups in total. The predicted molar refractivity (Wildman–Crippen MR) is 63.3 cm³/mol. The minimum Gasteiger partial charge on any atom is -0.481 e. The molecule has 6 heteroatoms. The molecule has 88 valence electrons. The second kappa shape index (κ2) is 4.92. The Morgan fingerprint density at radius 2 is 2.35 bits per heavy atom. The van der Waals surface area contributed by atoms with Crippen LogP contribution < -0.4 is 5.56 Å². The van der Waals surface area contributed by atoms with Gasteiger partial charge in [-0.2, -0.15) is 0 Å². The quantitative estimate of drug-likeness (QED) is 0.849. The number of H-pyrrole nitrogens is 1. The molecule has 2 aromatic rings. The summed E-state index contributed by atoms with van der Waals surface area (Å²) >= 11 is 1.58. The van der Waals surface area contributed by atoms with E-state index in [1.165, 1.54) is 6.20 Å². The lowest BCUT2D eigenvalue weighted by molar-refractivity contribution is -0.136. The highest BCUT2D eigenvalue weighted by molar-refractivity contribution is 7.09. The van der Waals surface area contributed by atoms with Gasteiger partial charge in [0.2, 0.25) is 0 Å². The maximum atomic E-state index is 11.5. The first-order valence-electron chi connectivity index (χ1n) is 4.96. The van der Waals surface area contributed by atoms with Crippen LogP contribution in [0.1, 0.15) is 16.3 Å². The van der Waals surface area contributed by atoms with Crippen LogP contribution in [0.2, 0.25) is 0 Å². The summed E-state index contributed by atoms with van der Waals surface area (Å²) in [5, 5.41) is 10.5. The van der Waals surface area contributed by atoms with E-state index in [-0.39, 0.29) is 17.5 Å². The Bertz CT molecular complexity index is 575. The predicted octanol–water partition coefficient (Wildman–Crippen LogP) is 1.05. The number of nitrogens with one attached hydrogen (secondary N) is 1. The van der Waals surface area contributed by atoms with Crippen molar-refractivity contribution < 1.29 is 9.90 Å². The number of hydrogen-bond donors (Lipinski definition) is 2. The van der Waals surface area contributed by atoms with Crippen LogP contribution in [-0.4, -0.2) is 21.0 Å². The Morgan fingerprint density at radius 3 is 2.94 bits per heavy atom. The maximum Gasteiger partial charge on any atom is 0.308 e. The summed E-state index contributed by atoms with van der Waals surface area (Å²) in [5.74, 6) is -0.491. The number of aliphatic carboxylic acids is 1. The highest BCUT2D eigenvalue weighted by atomic mass is 32.1. The van der Waals surface area contributed by atoms with E-state index in [4.69, 9.17) is 5.11 Å². The number of rotatable bonds is 4. The highest BCUT2D eigenvalue weighted by Gasteiger charge is 2.07. The molecule has 5 nitrogen and oxygen atoms in total. The number of aromatic amines is 1. The summed E-state index contributed by atoms with van der Waals surface area (Å²) in [6.45, 7) is 0. The fourth-order valence-corrected chi connectivity index (χ4v) is 2.12. The average Bonchev–Trinajstić information content (AvgIpc) is 2.74. The summed E-state index contributed by atoms with van der Waals surface area (Å²) in [4.78, 5) is 29.8. The second-order valence-electron chi connectivity index (χ2n) is 3.51. The van der Waals surface area contributed by atoms with Crippen LogP contribution in [0.5, 0.6) is 0 Å². The molecular formula is C11H10N2O3S. The fourth-order valence-electron chi connectivity index (χ4n) is 1.41. The fraction of sp³-hybridized carbons (Fsp3) is 0.182. The zero-order valence-electron chi connectivity index (χ0n) is 8.84. The van der Waals surface area contributed by atoms with E-state index in [1.807, 2.05) is 17.5 Å². The largest absolute Gasteiger partial charge is 0.481 e. The third-order valence-electron chi connectivity index (χ3n) is 2.19. The van der Waals surface area contributed by atoms with Crippen LogP contribution in [0.25, 0.3) is 0 Å². The highest BCUT2D eigenvalue weighted by Crippen LogP contribution is 2.11. The van der Waals surface area contributed by atoms with Crippen LogP contribution in [0.3, 0.4) is 0 Å². The minimum absolute atomic E-state index is 0.174. The number of carboxylic acids is 1. The van der Waals surface area contributed by atoms with Crippen LogP contribution in [-0.2, 0) is 17.6 Å². The smallest absolute Gasteiger partial charge is 0.308 e. The number of carbonyl (C=O) groups is 1. The molecule has 17 heavy (non-hydrogen) atoms. The number of hydrogen-bond acceptors (Lipinski definition) is 4. The number of carboxylic acid groups (broad SMARTS) is 1. The lowest BCUT2D eigenvalue weighted by Gasteiger charge is -2.00. The van der Waals surface area contributed by atoms with E-state index >= 15 is 0 Å². The van der Waals surface area contributed by atoms with E-state index in [1.54, 1.807) is 11.3 Å². The van der Waals surface area contributed by atoms with Crippen LogP contribution in [0.4, 0.5) is 0 Å². The summed E-state index contributed by atoms with van der Waals surface area (Å²) in [5.41, 5.74) is -0.207. The Labute approximate surface area is 101 Å². The SMILES string of the molecule is O=C(O)Cc1cnc(Cc2cccs2)[nH]c1=O. The zero-order valence-corrected chi connectivity index (χ0v) is 9.66. The summed E-state index contributed by atoms with van der Waals surface area (Å²) in [6, 6.07) is 3.88. The monoisotopic (exact) mass is 250 g/mol. The van der Waals surface area contributed by atoms with Crippen molar-refractivity contribution in [1.29, 1.82) is 0 Å². The van der Waals surface area contributed by atoms with E-state index in [9.17, 15) is 9.59 Å². The van der Waals surface area contributed by atoms with Crippen molar-refractivity contribution in [2.45, 2.75) is 12.8 Å². The van der Waals surface area contributed by atoms with Gasteiger partial charge in [-0.25, -0.2) is 4.98 Å². The van der Waals surface area contributed by atoms with E-state index in [2.05, 4.69) is 9.97 Å². The lowest BCUT2D eigenvalue weighted by Crippen LogP contribution is -2.19. The van der Waals surface area contributed by atoms with Gasteiger partial charge >= 0.3 is 5.97 Å². The molecule has 0 saturated heterocycles. The molecule has 0 spiro atoms. The van der Waals surface area contributed by atoms with Crippen LogP contribution >= 0.6 is 11.3 Å². The van der Waals surface area contributed by atoms with Gasteiger partial charge < -0.3 is 10.1 Å². The summed E-state index contributed by atoms with van der Waals surface area (Å²) < 4.78 is 0. The van der Waals surface area contributed by atoms with Gasteiger partial charge in [0.1, 0.15) is 5.82 Å². The third-order valence-corrected chi connectivity index (χ3v) is 3.07. The van der Waals surface area contributed by atoms with Crippen molar-refractivity contribution in [1.82, 2.24) is 9.97 Å². The van der Waals surface area contributed by atoms with Crippen LogP contribution in [0.15, 0.2) is 28.5 Å². The zero-order chi connectivity index (χ0) is 12.3. The molecule has 0 aliphatic carbocycles. The first-order valence-corrected chi connectivity index (χ1v) is 5.84. The van der Waals surface area contributed by atoms with E-state index < -0.39 is 5.97 Å². The number of nitrogens with zero attached hydrogens (tertiary/aromatic N) is 1. The van der Waals surface area contributed by atoms with Gasteiger partial charge in [0.25, 0.3) is 5.56 Å². The van der Waals surface area contributed by atoms with Gasteiger partial charge in [-0.15, -0.1) is 11.3 Å². The standard InChI is InChI=1S/C11H10N2O3S/c14-10(15)4-7-6-12-9(13-11(7)16)5-8-2-1-3-17-8/h1-3,6H,4-5H2,(H,14,15)(H,12,13,16). The minimum atomic E-state index is -1.04. The average molecular weight is 250 g/mol. The number of aromatic nitrogens is 2. The van der Waals surface area contributed by atoms with Gasteiger partial charge in [-0.05, 0) is 11.4 Å². The lowest BCUT2D eigenvalue weighted by atomic mass is 10.2. The maximum absolute atomic E-state index is 11.5. The van der Waals surface area contributed by atoms with Crippen molar-refractivity contribution in [3.63, 3.8) is 0 Å². The Balaban J connectivity index is 2.19. The van der Waals surface area contributed by atoms with Gasteiger partial charge in [0.05, 0.1) is 6.42 Å². The Morgan fingerprint density at radius 1 is 1.53 bits per heavy atom. The molecule has 0 amide bonds. The van der Waals surface area contributed by atoms with Crippen molar-refractivity contribution in [3.8, 4) is 0 Å². The van der Waals surface area contributed by atoms with E-state index in [0.29, 0.717) is 12.2 Å². The summed E-state index contributed by atoms with van der Waals surface area (Å²) in [6.07, 6.45) is 1.58. The second-order valence-corrected chi connectivity index (χ2v) is 4.54. The summed E-state index contributed by atoms with van der Waals surface area (Å²) in [7, 11) is 0. The molecule has 2 heterocycles. The van der Waals surface area contributed by atoms with Gasteiger partial charge in [-0.3, -0.25) is 9.59 Å². The molecule has 2 rings (SSSR count). The van der Waals surface area contributed by atoms with Crippen molar-refractivity contribution in [2.24, 2.45) is 0 Å². The van der Waals surface area contributed by atoms with Crippen LogP contribution in [0, 0.1) is 0 Å². The molecule has 0 aromatic carbocycles. The molecule has 0 saturated carbocycles. The molecule has 0 fully saturated rings. The first kappa shape index (κ1) is 11.5. The molecule has 0 radical (unpaired) electrons. The molecular weight excluding hydrogens is 240 g/mol. The van der Waals surface area contributed by atoms with Crippen molar-refractivity contribution in [2.75, 3.05) is 0 Å². The topological polar surface area (TPSA) is 83.0 Å². The van der Waals surface area contributed by atoms with Gasteiger partial charge in [0.15, 0.2) is 0 Å². The molecule has 0 aliphatic rings. The Kier molecular flexibility index (Phi) is 3.34. The first-order chi connectivity index (χ1) is 8.15. The van der Waals surface area contributed by atoms with Gasteiger partial charge in [0, 0.05) is 23.1 Å². The molecule has 0 bridgehead atoms. The third kappa shape index (κ3) is 3.01. The number of thiophene rings is 1. The Hall–Kier alpha value is -1.95. The van der Waals surface area contributed by atoms with Crippen molar-refractivity contribution >= 4 is 17.3 Å². The van der Waals surface area contributed by atoms with Crippen molar-refractivity contribution in [3.05, 3.63) is 50.3 Å². The molecule has 0 aliphatic heterocycles. The normalized spacial score (nSPS) is 10.4. The molecule has 0 unspecified atom stereocenters. The van der Waals surface area contributed by atoms with E-state index in [0.717, 1.165) is 4.88 Å². The molecule has 2 aromatic heterocycles. The van der Waals surface area contributed by atoms with Gasteiger partial charge in [-0.1, -0.05) is 6.07 Å². The molecule has 0 atom stereocenters.